The molecule has 1 aromatic heterocycles. The topological polar surface area (TPSA) is 59.8 Å². The molecule has 122 valence electrons. The smallest absolute Gasteiger partial charge is 0.220 e. The van der Waals surface area contributed by atoms with Crippen molar-refractivity contribution in [2.24, 2.45) is 0 Å². The van der Waals surface area contributed by atoms with Crippen molar-refractivity contribution < 1.29 is 4.79 Å². The van der Waals surface area contributed by atoms with Crippen LogP contribution in [0.15, 0.2) is 66.9 Å². The first-order chi connectivity index (χ1) is 11.8. The molecule has 0 spiro atoms. The van der Waals surface area contributed by atoms with E-state index in [0.29, 0.717) is 19.5 Å². The average Bonchev–Trinajstić information content (AvgIpc) is 3.07. The second-order valence-electron chi connectivity index (χ2n) is 5.66. The van der Waals surface area contributed by atoms with Crippen LogP contribution in [0.2, 0.25) is 0 Å². The first-order valence-electron chi connectivity index (χ1n) is 8.03. The third-order valence-electron chi connectivity index (χ3n) is 3.72. The number of nitrogens with zero attached hydrogens (tertiary/aromatic N) is 3. The molecule has 0 aliphatic heterocycles. The van der Waals surface area contributed by atoms with Crippen LogP contribution in [0.5, 0.6) is 0 Å². The van der Waals surface area contributed by atoms with Crippen molar-refractivity contribution in [3.63, 3.8) is 0 Å². The van der Waals surface area contributed by atoms with E-state index in [4.69, 9.17) is 0 Å². The fraction of sp³-hybridized carbons (Fsp3) is 0.211. The van der Waals surface area contributed by atoms with Crippen molar-refractivity contribution >= 4 is 5.91 Å². The Hall–Kier alpha value is -2.95. The lowest BCUT2D eigenvalue weighted by molar-refractivity contribution is -0.121. The molecule has 2 aromatic carbocycles. The Balaban J connectivity index is 1.44. The molecule has 0 aliphatic rings. The zero-order chi connectivity index (χ0) is 16.6. The summed E-state index contributed by atoms with van der Waals surface area (Å²) in [6.45, 7) is 1.08. The first-order valence-corrected chi connectivity index (χ1v) is 8.03. The van der Waals surface area contributed by atoms with Crippen LogP contribution in [0.1, 0.15) is 23.2 Å². The summed E-state index contributed by atoms with van der Waals surface area (Å²) < 4.78 is 1.78. The van der Waals surface area contributed by atoms with Gasteiger partial charge in [-0.25, -0.2) is 4.68 Å². The minimum absolute atomic E-state index is 0.0245. The quantitative estimate of drug-likeness (QED) is 0.728. The summed E-state index contributed by atoms with van der Waals surface area (Å²) in [5.74, 6) is 0.0245. The van der Waals surface area contributed by atoms with Gasteiger partial charge in [0.05, 0.1) is 19.3 Å². The summed E-state index contributed by atoms with van der Waals surface area (Å²) in [7, 11) is 0. The molecular formula is C19H20N4O. The van der Waals surface area contributed by atoms with Crippen LogP contribution in [0.4, 0.5) is 0 Å². The highest BCUT2D eigenvalue weighted by Crippen LogP contribution is 2.04. The molecule has 0 aliphatic carbocycles. The van der Waals surface area contributed by atoms with Crippen LogP contribution in [0.3, 0.4) is 0 Å². The highest BCUT2D eigenvalue weighted by molar-refractivity contribution is 5.76. The van der Waals surface area contributed by atoms with Gasteiger partial charge in [0.25, 0.3) is 0 Å². The molecule has 0 bridgehead atoms. The maximum absolute atomic E-state index is 11.9. The molecule has 0 unspecified atom stereocenters. The van der Waals surface area contributed by atoms with E-state index in [1.807, 2.05) is 66.9 Å². The molecule has 3 rings (SSSR count). The molecule has 1 heterocycles. The first kappa shape index (κ1) is 15.9. The van der Waals surface area contributed by atoms with Crippen molar-refractivity contribution in [3.8, 4) is 0 Å². The number of aryl methyl sites for hydroxylation is 1. The minimum Gasteiger partial charge on any atom is -0.350 e. The molecule has 0 saturated heterocycles. The maximum atomic E-state index is 11.9. The monoisotopic (exact) mass is 320 g/mol. The number of carbonyl (C=O) groups is 1. The largest absolute Gasteiger partial charge is 0.350 e. The molecule has 0 saturated carbocycles. The number of carbonyl (C=O) groups excluding carboxylic acids is 1. The van der Waals surface area contributed by atoms with E-state index in [1.54, 1.807) is 4.68 Å². The molecule has 0 fully saturated rings. The van der Waals surface area contributed by atoms with Crippen molar-refractivity contribution in [2.75, 3.05) is 0 Å². The molecule has 1 amide bonds. The average molecular weight is 320 g/mol. The van der Waals surface area contributed by atoms with Gasteiger partial charge in [-0.3, -0.25) is 4.79 Å². The second-order valence-corrected chi connectivity index (χ2v) is 5.66. The van der Waals surface area contributed by atoms with E-state index in [-0.39, 0.29) is 5.91 Å². The lowest BCUT2D eigenvalue weighted by Crippen LogP contribution is -2.23. The van der Waals surface area contributed by atoms with Gasteiger partial charge in [-0.2, -0.15) is 0 Å². The fourth-order valence-corrected chi connectivity index (χ4v) is 2.45. The summed E-state index contributed by atoms with van der Waals surface area (Å²) in [4.78, 5) is 11.9. The number of rotatable bonds is 7. The Kier molecular flexibility index (Phi) is 5.35. The van der Waals surface area contributed by atoms with Crippen molar-refractivity contribution in [1.82, 2.24) is 20.3 Å². The zero-order valence-corrected chi connectivity index (χ0v) is 13.4. The molecule has 5 heteroatoms. The number of nitrogens with one attached hydrogen (secondary N) is 1. The zero-order valence-electron chi connectivity index (χ0n) is 13.4. The van der Waals surface area contributed by atoms with Crippen LogP contribution in [0.25, 0.3) is 0 Å². The lowest BCUT2D eigenvalue weighted by Gasteiger charge is -2.03. The normalized spacial score (nSPS) is 10.5. The maximum Gasteiger partial charge on any atom is 0.220 e. The van der Waals surface area contributed by atoms with Gasteiger partial charge in [0.2, 0.25) is 5.91 Å². The molecule has 0 atom stereocenters. The number of hydrogen-bond acceptors (Lipinski definition) is 3. The molecule has 1 N–H and O–H groups in total. The van der Waals surface area contributed by atoms with E-state index in [9.17, 15) is 4.79 Å². The van der Waals surface area contributed by atoms with E-state index in [2.05, 4.69) is 15.6 Å². The second kappa shape index (κ2) is 8.06. The predicted octanol–water partition coefficient (Wildman–Crippen LogP) is 2.58. The Labute approximate surface area is 141 Å². The summed E-state index contributed by atoms with van der Waals surface area (Å²) in [5, 5.41) is 11.1. The molecule has 5 nitrogen and oxygen atoms in total. The number of amides is 1. The molecular weight excluding hydrogens is 300 g/mol. The molecule has 24 heavy (non-hydrogen) atoms. The predicted molar refractivity (Wildman–Crippen MR) is 92.2 cm³/mol. The van der Waals surface area contributed by atoms with Gasteiger partial charge in [-0.05, 0) is 17.5 Å². The summed E-state index contributed by atoms with van der Waals surface area (Å²) in [5.41, 5.74) is 3.10. The third kappa shape index (κ3) is 4.78. The number of benzene rings is 2. The van der Waals surface area contributed by atoms with E-state index in [1.165, 1.54) is 11.1 Å². The van der Waals surface area contributed by atoms with Gasteiger partial charge in [0.15, 0.2) is 0 Å². The van der Waals surface area contributed by atoms with Gasteiger partial charge in [0.1, 0.15) is 5.69 Å². The Morgan fingerprint density at radius 3 is 2.33 bits per heavy atom. The number of aromatic nitrogens is 3. The van der Waals surface area contributed by atoms with Crippen LogP contribution >= 0.6 is 0 Å². The summed E-state index contributed by atoms with van der Waals surface area (Å²) in [6.07, 6.45) is 3.08. The van der Waals surface area contributed by atoms with Crippen LogP contribution in [0, 0.1) is 0 Å². The van der Waals surface area contributed by atoms with Crippen molar-refractivity contribution in [2.45, 2.75) is 25.9 Å². The standard InChI is InChI=1S/C19H20N4O/c24-19(12-11-16-7-3-1-4-8-16)20-13-18-15-23(22-21-18)14-17-9-5-2-6-10-17/h1-10,15H,11-14H2,(H,20,24). The molecule has 3 aromatic rings. The van der Waals surface area contributed by atoms with Crippen LogP contribution in [-0.2, 0) is 24.3 Å². The van der Waals surface area contributed by atoms with Crippen molar-refractivity contribution in [1.29, 1.82) is 0 Å². The highest BCUT2D eigenvalue weighted by Gasteiger charge is 2.05. The van der Waals surface area contributed by atoms with Gasteiger partial charge in [0, 0.05) is 6.42 Å². The van der Waals surface area contributed by atoms with Crippen molar-refractivity contribution in [3.05, 3.63) is 83.7 Å². The summed E-state index contributed by atoms with van der Waals surface area (Å²) >= 11 is 0. The van der Waals surface area contributed by atoms with E-state index >= 15 is 0 Å². The Morgan fingerprint density at radius 2 is 1.62 bits per heavy atom. The Morgan fingerprint density at radius 1 is 0.958 bits per heavy atom. The summed E-state index contributed by atoms with van der Waals surface area (Å²) in [6, 6.07) is 20.1. The highest BCUT2D eigenvalue weighted by atomic mass is 16.1. The van der Waals surface area contributed by atoms with Gasteiger partial charge < -0.3 is 5.32 Å². The van der Waals surface area contributed by atoms with Gasteiger partial charge in [-0.1, -0.05) is 65.9 Å². The fourth-order valence-electron chi connectivity index (χ4n) is 2.45. The Bertz CT molecular complexity index is 768. The minimum atomic E-state index is 0.0245. The van der Waals surface area contributed by atoms with E-state index in [0.717, 1.165) is 12.1 Å². The van der Waals surface area contributed by atoms with Gasteiger partial charge >= 0.3 is 0 Å². The number of hydrogen-bond donors (Lipinski definition) is 1. The van der Waals surface area contributed by atoms with E-state index < -0.39 is 0 Å². The van der Waals surface area contributed by atoms with Gasteiger partial charge in [-0.15, -0.1) is 5.10 Å². The van der Waals surface area contributed by atoms with Crippen LogP contribution < -0.4 is 5.32 Å². The third-order valence-corrected chi connectivity index (χ3v) is 3.72. The van der Waals surface area contributed by atoms with Crippen LogP contribution in [-0.4, -0.2) is 20.9 Å². The SMILES string of the molecule is O=C(CCc1ccccc1)NCc1cn(Cc2ccccc2)nn1. The lowest BCUT2D eigenvalue weighted by atomic mass is 10.1. The molecule has 0 radical (unpaired) electrons.